The molecule has 1 aliphatic heterocycles. The van der Waals surface area contributed by atoms with Gasteiger partial charge in [-0.15, -0.1) is 0 Å². The van der Waals surface area contributed by atoms with Crippen LogP contribution >= 0.6 is 0 Å². The average molecular weight is 189 g/mol. The van der Waals surface area contributed by atoms with Gasteiger partial charge in [0, 0.05) is 13.0 Å². The zero-order chi connectivity index (χ0) is 9.80. The Morgan fingerprint density at radius 2 is 1.93 bits per heavy atom. The van der Waals surface area contributed by atoms with Crippen LogP contribution in [-0.4, -0.2) is 12.5 Å². The van der Waals surface area contributed by atoms with E-state index in [1.54, 1.807) is 0 Å². The molecule has 1 atom stereocenters. The minimum absolute atomic E-state index is 0.198. The SMILES string of the molecule is O=C1CCC(c2ccccc2)CCN1. The van der Waals surface area contributed by atoms with Gasteiger partial charge >= 0.3 is 0 Å². The van der Waals surface area contributed by atoms with Crippen LogP contribution in [0.3, 0.4) is 0 Å². The highest BCUT2D eigenvalue weighted by molar-refractivity contribution is 5.76. The second-order valence-electron chi connectivity index (χ2n) is 3.78. The second kappa shape index (κ2) is 4.27. The first-order valence-electron chi connectivity index (χ1n) is 5.18. The van der Waals surface area contributed by atoms with Crippen LogP contribution in [0.1, 0.15) is 30.7 Å². The lowest BCUT2D eigenvalue weighted by molar-refractivity contribution is -0.120. The first-order valence-corrected chi connectivity index (χ1v) is 5.18. The number of carbonyl (C=O) groups excluding carboxylic acids is 1. The van der Waals surface area contributed by atoms with Gasteiger partial charge in [0.25, 0.3) is 0 Å². The summed E-state index contributed by atoms with van der Waals surface area (Å²) in [7, 11) is 0. The third-order valence-corrected chi connectivity index (χ3v) is 2.81. The van der Waals surface area contributed by atoms with Crippen LogP contribution in [0.15, 0.2) is 30.3 Å². The zero-order valence-electron chi connectivity index (χ0n) is 8.20. The van der Waals surface area contributed by atoms with E-state index in [1.165, 1.54) is 5.56 Å². The smallest absolute Gasteiger partial charge is 0.220 e. The van der Waals surface area contributed by atoms with Crippen molar-refractivity contribution in [2.45, 2.75) is 25.2 Å². The summed E-state index contributed by atoms with van der Waals surface area (Å²) in [6.07, 6.45) is 2.71. The van der Waals surface area contributed by atoms with Gasteiger partial charge in [0.2, 0.25) is 5.91 Å². The fourth-order valence-electron chi connectivity index (χ4n) is 1.98. The van der Waals surface area contributed by atoms with Gasteiger partial charge in [-0.25, -0.2) is 0 Å². The number of nitrogens with one attached hydrogen (secondary N) is 1. The lowest BCUT2D eigenvalue weighted by Crippen LogP contribution is -2.21. The molecule has 1 aliphatic rings. The molecule has 1 aromatic rings. The minimum atomic E-state index is 0.198. The van der Waals surface area contributed by atoms with E-state index in [9.17, 15) is 4.79 Å². The molecule has 1 saturated heterocycles. The van der Waals surface area contributed by atoms with E-state index in [0.29, 0.717) is 12.3 Å². The molecule has 0 radical (unpaired) electrons. The molecule has 0 bridgehead atoms. The summed E-state index contributed by atoms with van der Waals surface area (Å²) in [5.74, 6) is 0.749. The van der Waals surface area contributed by atoms with E-state index in [-0.39, 0.29) is 5.91 Å². The highest BCUT2D eigenvalue weighted by Gasteiger charge is 2.16. The van der Waals surface area contributed by atoms with E-state index in [2.05, 4.69) is 29.6 Å². The van der Waals surface area contributed by atoms with Gasteiger partial charge in [-0.3, -0.25) is 4.79 Å². The average Bonchev–Trinajstić information content (AvgIpc) is 2.44. The normalized spacial score (nSPS) is 22.6. The van der Waals surface area contributed by atoms with Crippen molar-refractivity contribution in [2.24, 2.45) is 0 Å². The quantitative estimate of drug-likeness (QED) is 0.720. The highest BCUT2D eigenvalue weighted by Crippen LogP contribution is 2.25. The molecule has 0 aromatic heterocycles. The van der Waals surface area contributed by atoms with Crippen LogP contribution in [0.5, 0.6) is 0 Å². The number of amides is 1. The monoisotopic (exact) mass is 189 g/mol. The topological polar surface area (TPSA) is 29.1 Å². The maximum Gasteiger partial charge on any atom is 0.220 e. The first-order chi connectivity index (χ1) is 6.86. The fourth-order valence-corrected chi connectivity index (χ4v) is 1.98. The largest absolute Gasteiger partial charge is 0.356 e. The molecule has 0 saturated carbocycles. The predicted octanol–water partition coefficient (Wildman–Crippen LogP) is 2.07. The summed E-state index contributed by atoms with van der Waals surface area (Å²) >= 11 is 0. The van der Waals surface area contributed by atoms with Crippen molar-refractivity contribution in [1.82, 2.24) is 5.32 Å². The molecular formula is C12H15NO. The van der Waals surface area contributed by atoms with Gasteiger partial charge in [-0.1, -0.05) is 30.3 Å². The molecule has 1 aromatic carbocycles. The second-order valence-corrected chi connectivity index (χ2v) is 3.78. The van der Waals surface area contributed by atoms with Gasteiger partial charge in [0.05, 0.1) is 0 Å². The Morgan fingerprint density at radius 1 is 1.14 bits per heavy atom. The van der Waals surface area contributed by atoms with Gasteiger partial charge in [-0.2, -0.15) is 0 Å². The predicted molar refractivity (Wildman–Crippen MR) is 56.0 cm³/mol. The Bertz CT molecular complexity index is 307. The van der Waals surface area contributed by atoms with E-state index in [1.807, 2.05) is 6.07 Å². The molecule has 1 fully saturated rings. The number of hydrogen-bond donors (Lipinski definition) is 1. The van der Waals surface area contributed by atoms with E-state index >= 15 is 0 Å². The van der Waals surface area contributed by atoms with Crippen LogP contribution in [0, 0.1) is 0 Å². The molecule has 2 nitrogen and oxygen atoms in total. The van der Waals surface area contributed by atoms with Crippen molar-refractivity contribution in [3.63, 3.8) is 0 Å². The minimum Gasteiger partial charge on any atom is -0.356 e. The van der Waals surface area contributed by atoms with Crippen molar-refractivity contribution in [1.29, 1.82) is 0 Å². The Kier molecular flexibility index (Phi) is 2.82. The molecule has 0 aliphatic carbocycles. The standard InChI is InChI=1S/C12H15NO/c14-12-7-6-11(8-9-13-12)10-4-2-1-3-5-10/h1-5,11H,6-9H2,(H,13,14). The van der Waals surface area contributed by atoms with Crippen LogP contribution in [0.4, 0.5) is 0 Å². The maximum atomic E-state index is 11.1. The molecule has 1 heterocycles. The van der Waals surface area contributed by atoms with E-state index in [4.69, 9.17) is 0 Å². The molecule has 14 heavy (non-hydrogen) atoms. The molecule has 74 valence electrons. The van der Waals surface area contributed by atoms with Crippen LogP contribution in [0.25, 0.3) is 0 Å². The van der Waals surface area contributed by atoms with Crippen molar-refractivity contribution in [2.75, 3.05) is 6.54 Å². The fraction of sp³-hybridized carbons (Fsp3) is 0.417. The van der Waals surface area contributed by atoms with Crippen LogP contribution in [-0.2, 0) is 4.79 Å². The summed E-state index contributed by atoms with van der Waals surface area (Å²) < 4.78 is 0. The molecule has 1 amide bonds. The number of rotatable bonds is 1. The van der Waals surface area contributed by atoms with E-state index in [0.717, 1.165) is 19.4 Å². The third-order valence-electron chi connectivity index (χ3n) is 2.81. The lowest BCUT2D eigenvalue weighted by atomic mass is 9.92. The summed E-state index contributed by atoms with van der Waals surface area (Å²) in [5.41, 5.74) is 1.36. The Labute approximate surface area is 84.3 Å². The van der Waals surface area contributed by atoms with Gasteiger partial charge < -0.3 is 5.32 Å². The van der Waals surface area contributed by atoms with Gasteiger partial charge in [-0.05, 0) is 24.3 Å². The molecule has 2 rings (SSSR count). The Morgan fingerprint density at radius 3 is 2.71 bits per heavy atom. The molecule has 0 spiro atoms. The zero-order valence-corrected chi connectivity index (χ0v) is 8.20. The molecular weight excluding hydrogens is 174 g/mol. The first kappa shape index (κ1) is 9.25. The molecule has 2 heteroatoms. The molecule has 1 unspecified atom stereocenters. The van der Waals surface area contributed by atoms with Gasteiger partial charge in [0.15, 0.2) is 0 Å². The Balaban J connectivity index is 2.08. The van der Waals surface area contributed by atoms with Gasteiger partial charge in [0.1, 0.15) is 0 Å². The Hall–Kier alpha value is -1.31. The number of hydrogen-bond acceptors (Lipinski definition) is 1. The summed E-state index contributed by atoms with van der Waals surface area (Å²) in [4.78, 5) is 11.1. The summed E-state index contributed by atoms with van der Waals surface area (Å²) in [6.45, 7) is 0.818. The van der Waals surface area contributed by atoms with E-state index < -0.39 is 0 Å². The summed E-state index contributed by atoms with van der Waals surface area (Å²) in [5, 5.41) is 2.91. The van der Waals surface area contributed by atoms with Crippen molar-refractivity contribution < 1.29 is 4.79 Å². The maximum absolute atomic E-state index is 11.1. The van der Waals surface area contributed by atoms with Crippen molar-refractivity contribution in [3.05, 3.63) is 35.9 Å². The van der Waals surface area contributed by atoms with Crippen LogP contribution < -0.4 is 5.32 Å². The summed E-state index contributed by atoms with van der Waals surface area (Å²) in [6, 6.07) is 10.5. The third kappa shape index (κ3) is 2.13. The van der Waals surface area contributed by atoms with Crippen molar-refractivity contribution in [3.8, 4) is 0 Å². The highest BCUT2D eigenvalue weighted by atomic mass is 16.1. The van der Waals surface area contributed by atoms with Crippen molar-refractivity contribution >= 4 is 5.91 Å². The van der Waals surface area contributed by atoms with Crippen LogP contribution in [0.2, 0.25) is 0 Å². The number of benzene rings is 1. The number of carbonyl (C=O) groups is 1. The molecule has 1 N–H and O–H groups in total. The lowest BCUT2D eigenvalue weighted by Gasteiger charge is -2.12.